The SMILES string of the molecule is CCCCCC/C=C\C/C=C\CCCCCCCCCC(=O)OC(COC(=O)CCCCCCCCCCCCCCCCC)COP(=O)(O)OCCN. The van der Waals surface area contributed by atoms with Gasteiger partial charge in [0.1, 0.15) is 6.61 Å². The van der Waals surface area contributed by atoms with Crippen LogP contribution in [0.1, 0.15) is 213 Å². The Morgan fingerprint density at radius 2 is 0.963 bits per heavy atom. The van der Waals surface area contributed by atoms with E-state index in [1.807, 2.05) is 0 Å². The number of nitrogens with two attached hydrogens (primary N) is 1. The summed E-state index contributed by atoms with van der Waals surface area (Å²) in [6.45, 7) is 3.73. The number of carbonyl (C=O) groups is 2. The molecule has 3 N–H and O–H groups in total. The van der Waals surface area contributed by atoms with Gasteiger partial charge in [0, 0.05) is 19.4 Å². The largest absolute Gasteiger partial charge is 0.472 e. The summed E-state index contributed by atoms with van der Waals surface area (Å²) in [4.78, 5) is 34.9. The van der Waals surface area contributed by atoms with Gasteiger partial charge in [0.2, 0.25) is 0 Å². The van der Waals surface area contributed by atoms with Gasteiger partial charge in [-0.2, -0.15) is 0 Å². The van der Waals surface area contributed by atoms with Crippen molar-refractivity contribution in [3.8, 4) is 0 Å². The van der Waals surface area contributed by atoms with Crippen molar-refractivity contribution < 1.29 is 37.6 Å². The molecule has 0 aliphatic heterocycles. The van der Waals surface area contributed by atoms with Crippen LogP contribution in [-0.2, 0) is 32.7 Å². The molecule has 0 saturated heterocycles. The second-order valence-corrected chi connectivity index (χ2v) is 16.4. The van der Waals surface area contributed by atoms with E-state index >= 15 is 0 Å². The molecular formula is C44H84NO8P. The number of allylic oxidation sites excluding steroid dienone is 4. The number of ether oxygens (including phenoxy) is 2. The Morgan fingerprint density at radius 3 is 1.43 bits per heavy atom. The molecule has 0 amide bonds. The van der Waals surface area contributed by atoms with E-state index in [-0.39, 0.29) is 38.6 Å². The normalized spacial score (nSPS) is 13.5. The van der Waals surface area contributed by atoms with Crippen molar-refractivity contribution in [3.05, 3.63) is 24.3 Å². The number of esters is 2. The van der Waals surface area contributed by atoms with Gasteiger partial charge < -0.3 is 20.1 Å². The van der Waals surface area contributed by atoms with Crippen LogP contribution in [-0.4, -0.2) is 49.3 Å². The molecule has 0 aromatic rings. The van der Waals surface area contributed by atoms with Gasteiger partial charge in [-0.25, -0.2) is 4.57 Å². The van der Waals surface area contributed by atoms with Crippen LogP contribution in [0, 0.1) is 0 Å². The van der Waals surface area contributed by atoms with Crippen molar-refractivity contribution in [2.75, 3.05) is 26.4 Å². The zero-order valence-electron chi connectivity index (χ0n) is 35.0. The Hall–Kier alpha value is -1.51. The number of carbonyl (C=O) groups excluding carboxylic acids is 2. The van der Waals surface area contributed by atoms with Gasteiger partial charge in [-0.05, 0) is 44.9 Å². The van der Waals surface area contributed by atoms with Gasteiger partial charge in [0.05, 0.1) is 13.2 Å². The lowest BCUT2D eigenvalue weighted by molar-refractivity contribution is -0.161. The van der Waals surface area contributed by atoms with E-state index in [2.05, 4.69) is 38.2 Å². The summed E-state index contributed by atoms with van der Waals surface area (Å²) in [5.74, 6) is -0.829. The highest BCUT2D eigenvalue weighted by atomic mass is 31.2. The van der Waals surface area contributed by atoms with Crippen LogP contribution < -0.4 is 5.73 Å². The average Bonchev–Trinajstić information content (AvgIpc) is 3.16. The van der Waals surface area contributed by atoms with Crippen LogP contribution in [0.3, 0.4) is 0 Å². The maximum Gasteiger partial charge on any atom is 0.472 e. The fraction of sp³-hybridized carbons (Fsp3) is 0.864. The van der Waals surface area contributed by atoms with E-state index in [1.54, 1.807) is 0 Å². The number of hydrogen-bond acceptors (Lipinski definition) is 8. The van der Waals surface area contributed by atoms with Crippen LogP contribution in [0.4, 0.5) is 0 Å². The fourth-order valence-electron chi connectivity index (χ4n) is 6.25. The molecule has 0 aliphatic rings. The van der Waals surface area contributed by atoms with Gasteiger partial charge in [-0.3, -0.25) is 18.6 Å². The standard InChI is InChI=1S/C44H84NO8P/c1-3-5-7-9-11-13-15-17-19-20-21-23-25-27-29-31-33-35-37-44(47)53-42(41-52-54(48,49)51-39-38-45)40-50-43(46)36-34-32-30-28-26-24-22-18-16-14-12-10-8-6-4-2/h13,15,19-20,42H,3-12,14,16-18,21-41,45H2,1-2H3,(H,48,49)/b15-13-,20-19-. The molecule has 0 rings (SSSR count). The van der Waals surface area contributed by atoms with Crippen LogP contribution in [0.5, 0.6) is 0 Å². The topological polar surface area (TPSA) is 134 Å². The predicted molar refractivity (Wildman–Crippen MR) is 224 cm³/mol. The second kappa shape index (κ2) is 41.1. The number of unbranched alkanes of at least 4 members (excludes halogenated alkanes) is 25. The van der Waals surface area contributed by atoms with E-state index in [9.17, 15) is 19.0 Å². The first-order chi connectivity index (χ1) is 26.3. The minimum atomic E-state index is -4.37. The maximum atomic E-state index is 12.6. The lowest BCUT2D eigenvalue weighted by atomic mass is 10.0. The maximum absolute atomic E-state index is 12.6. The molecule has 54 heavy (non-hydrogen) atoms. The highest BCUT2D eigenvalue weighted by molar-refractivity contribution is 7.47. The zero-order valence-corrected chi connectivity index (χ0v) is 35.9. The average molecular weight is 786 g/mol. The third kappa shape index (κ3) is 40.2. The Balaban J connectivity index is 4.13. The van der Waals surface area contributed by atoms with Crippen LogP contribution in [0.25, 0.3) is 0 Å². The first kappa shape index (κ1) is 52.5. The van der Waals surface area contributed by atoms with Crippen molar-refractivity contribution in [1.82, 2.24) is 0 Å². The van der Waals surface area contributed by atoms with Crippen LogP contribution in [0.2, 0.25) is 0 Å². The molecule has 0 aliphatic carbocycles. The number of phosphoric ester groups is 1. The first-order valence-electron chi connectivity index (χ1n) is 22.3. The second-order valence-electron chi connectivity index (χ2n) is 14.9. The lowest BCUT2D eigenvalue weighted by Gasteiger charge is -2.19. The highest BCUT2D eigenvalue weighted by Crippen LogP contribution is 2.43. The number of hydrogen-bond donors (Lipinski definition) is 2. The van der Waals surface area contributed by atoms with E-state index in [0.29, 0.717) is 6.42 Å². The van der Waals surface area contributed by atoms with Crippen LogP contribution in [0.15, 0.2) is 24.3 Å². The molecule has 318 valence electrons. The van der Waals surface area contributed by atoms with E-state index < -0.39 is 26.5 Å². The molecule has 0 aromatic carbocycles. The van der Waals surface area contributed by atoms with Gasteiger partial charge in [0.15, 0.2) is 6.10 Å². The fourth-order valence-corrected chi connectivity index (χ4v) is 7.02. The molecule has 0 spiro atoms. The summed E-state index contributed by atoms with van der Waals surface area (Å²) in [6.07, 6.45) is 43.4. The Morgan fingerprint density at radius 1 is 0.556 bits per heavy atom. The summed E-state index contributed by atoms with van der Waals surface area (Å²) < 4.78 is 32.8. The van der Waals surface area contributed by atoms with Crippen molar-refractivity contribution in [3.63, 3.8) is 0 Å². The summed E-state index contributed by atoms with van der Waals surface area (Å²) in [6, 6.07) is 0. The Bertz CT molecular complexity index is 944. The van der Waals surface area contributed by atoms with Crippen molar-refractivity contribution in [1.29, 1.82) is 0 Å². The smallest absolute Gasteiger partial charge is 0.462 e. The highest BCUT2D eigenvalue weighted by Gasteiger charge is 2.26. The molecular weight excluding hydrogens is 701 g/mol. The molecule has 0 fully saturated rings. The molecule has 0 heterocycles. The van der Waals surface area contributed by atoms with E-state index in [4.69, 9.17) is 24.3 Å². The minimum absolute atomic E-state index is 0.0536. The quantitative estimate of drug-likeness (QED) is 0.0268. The third-order valence-corrected chi connectivity index (χ3v) is 10.6. The molecule has 0 radical (unpaired) electrons. The molecule has 0 saturated carbocycles. The summed E-state index contributed by atoms with van der Waals surface area (Å²) in [5.41, 5.74) is 5.35. The number of rotatable bonds is 42. The zero-order chi connectivity index (χ0) is 39.6. The lowest BCUT2D eigenvalue weighted by Crippen LogP contribution is -2.29. The molecule has 9 nitrogen and oxygen atoms in total. The van der Waals surface area contributed by atoms with Gasteiger partial charge >= 0.3 is 19.8 Å². The number of phosphoric acid groups is 1. The molecule has 2 unspecified atom stereocenters. The van der Waals surface area contributed by atoms with Gasteiger partial charge in [-0.15, -0.1) is 0 Å². The molecule has 2 atom stereocenters. The van der Waals surface area contributed by atoms with Crippen molar-refractivity contribution >= 4 is 19.8 Å². The van der Waals surface area contributed by atoms with Gasteiger partial charge in [0.25, 0.3) is 0 Å². The predicted octanol–water partition coefficient (Wildman–Crippen LogP) is 12.8. The first-order valence-corrected chi connectivity index (χ1v) is 23.8. The molecule has 0 aromatic heterocycles. The van der Waals surface area contributed by atoms with E-state index in [1.165, 1.54) is 128 Å². The molecule has 10 heteroatoms. The Kier molecular flexibility index (Phi) is 40.0. The minimum Gasteiger partial charge on any atom is -0.462 e. The molecule has 0 bridgehead atoms. The van der Waals surface area contributed by atoms with Crippen LogP contribution >= 0.6 is 7.82 Å². The van der Waals surface area contributed by atoms with Gasteiger partial charge in [-0.1, -0.05) is 179 Å². The Labute approximate surface area is 332 Å². The van der Waals surface area contributed by atoms with Crippen molar-refractivity contribution in [2.24, 2.45) is 5.73 Å². The monoisotopic (exact) mass is 786 g/mol. The summed E-state index contributed by atoms with van der Waals surface area (Å²) >= 11 is 0. The summed E-state index contributed by atoms with van der Waals surface area (Å²) in [5, 5.41) is 0. The third-order valence-electron chi connectivity index (χ3n) is 9.59. The van der Waals surface area contributed by atoms with Crippen molar-refractivity contribution in [2.45, 2.75) is 219 Å². The summed E-state index contributed by atoms with van der Waals surface area (Å²) in [7, 11) is -4.37. The van der Waals surface area contributed by atoms with E-state index in [0.717, 1.165) is 51.4 Å².